The zero-order chi connectivity index (χ0) is 13.8. The zero-order valence-electron chi connectivity index (χ0n) is 12.1. The summed E-state index contributed by atoms with van der Waals surface area (Å²) in [6.07, 6.45) is 9.45. The number of benzene rings is 1. The summed E-state index contributed by atoms with van der Waals surface area (Å²) in [6.45, 7) is 1.20. The van der Waals surface area contributed by atoms with Gasteiger partial charge in [-0.3, -0.25) is 0 Å². The molecule has 0 aromatic heterocycles. The maximum Gasteiger partial charge on any atom is 0.0426 e. The van der Waals surface area contributed by atoms with Gasteiger partial charge in [-0.25, -0.2) is 0 Å². The van der Waals surface area contributed by atoms with Gasteiger partial charge in [-0.2, -0.15) is 0 Å². The Balaban J connectivity index is 1.68. The fourth-order valence-electron chi connectivity index (χ4n) is 3.86. The molecule has 110 valence electrons. The minimum atomic E-state index is 0.595. The van der Waals surface area contributed by atoms with E-state index in [1.807, 2.05) is 18.2 Å². The van der Waals surface area contributed by atoms with Crippen molar-refractivity contribution in [1.29, 1.82) is 0 Å². The molecule has 3 atom stereocenters. The van der Waals surface area contributed by atoms with Crippen molar-refractivity contribution in [1.82, 2.24) is 5.32 Å². The third-order valence-corrected chi connectivity index (χ3v) is 5.10. The Morgan fingerprint density at radius 3 is 2.70 bits per heavy atom. The van der Waals surface area contributed by atoms with E-state index in [2.05, 4.69) is 16.7 Å². The second-order valence-corrected chi connectivity index (χ2v) is 6.70. The second-order valence-electron chi connectivity index (χ2n) is 6.27. The fourth-order valence-corrected chi connectivity index (χ4v) is 4.05. The van der Waals surface area contributed by atoms with Crippen molar-refractivity contribution in [3.8, 4) is 0 Å². The average Bonchev–Trinajstić information content (AvgIpc) is 2.49. The van der Waals surface area contributed by atoms with E-state index in [4.69, 9.17) is 11.6 Å². The molecule has 1 aliphatic carbocycles. The van der Waals surface area contributed by atoms with Gasteiger partial charge in [-0.1, -0.05) is 36.9 Å². The molecule has 3 rings (SSSR count). The summed E-state index contributed by atoms with van der Waals surface area (Å²) in [5.74, 6) is 0.767. The molecule has 3 unspecified atom stereocenters. The van der Waals surface area contributed by atoms with E-state index in [1.54, 1.807) is 0 Å². The van der Waals surface area contributed by atoms with E-state index in [0.717, 1.165) is 10.9 Å². The van der Waals surface area contributed by atoms with Gasteiger partial charge in [-0.15, -0.1) is 0 Å². The van der Waals surface area contributed by atoms with E-state index >= 15 is 0 Å². The summed E-state index contributed by atoms with van der Waals surface area (Å²) in [6, 6.07) is 9.45. The maximum atomic E-state index is 6.10. The molecule has 2 fully saturated rings. The zero-order valence-corrected chi connectivity index (χ0v) is 12.8. The van der Waals surface area contributed by atoms with Gasteiger partial charge < -0.3 is 10.6 Å². The number of hydrogen-bond acceptors (Lipinski definition) is 2. The van der Waals surface area contributed by atoms with E-state index in [9.17, 15) is 0 Å². The molecule has 2 nitrogen and oxygen atoms in total. The highest BCUT2D eigenvalue weighted by molar-refractivity contribution is 6.30. The molecule has 20 heavy (non-hydrogen) atoms. The van der Waals surface area contributed by atoms with E-state index < -0.39 is 0 Å². The van der Waals surface area contributed by atoms with Crippen molar-refractivity contribution in [3.05, 3.63) is 29.3 Å². The summed E-state index contributed by atoms with van der Waals surface area (Å²) in [5.41, 5.74) is 1.17. The van der Waals surface area contributed by atoms with Crippen LogP contribution in [-0.2, 0) is 0 Å². The largest absolute Gasteiger partial charge is 0.382 e. The Bertz CT molecular complexity index is 429. The predicted octanol–water partition coefficient (Wildman–Crippen LogP) is 4.45. The predicted molar refractivity (Wildman–Crippen MR) is 86.5 cm³/mol. The van der Waals surface area contributed by atoms with Crippen molar-refractivity contribution in [3.63, 3.8) is 0 Å². The number of halogens is 1. The highest BCUT2D eigenvalue weighted by Gasteiger charge is 2.32. The Morgan fingerprint density at radius 2 is 1.90 bits per heavy atom. The molecule has 1 saturated heterocycles. The topological polar surface area (TPSA) is 24.1 Å². The summed E-state index contributed by atoms with van der Waals surface area (Å²) >= 11 is 6.10. The van der Waals surface area contributed by atoms with Crippen LogP contribution >= 0.6 is 11.6 Å². The van der Waals surface area contributed by atoms with Crippen LogP contribution < -0.4 is 10.6 Å². The summed E-state index contributed by atoms with van der Waals surface area (Å²) in [4.78, 5) is 0. The first-order valence-electron chi connectivity index (χ1n) is 8.08. The second kappa shape index (κ2) is 6.82. The van der Waals surface area contributed by atoms with Gasteiger partial charge in [0, 0.05) is 22.8 Å². The highest BCUT2D eigenvalue weighted by atomic mass is 35.5. The monoisotopic (exact) mass is 292 g/mol. The van der Waals surface area contributed by atoms with Crippen LogP contribution in [0.1, 0.15) is 44.9 Å². The lowest BCUT2D eigenvalue weighted by Gasteiger charge is -2.40. The first-order chi connectivity index (χ1) is 9.83. The van der Waals surface area contributed by atoms with Gasteiger partial charge in [0.25, 0.3) is 0 Å². The van der Waals surface area contributed by atoms with Crippen molar-refractivity contribution < 1.29 is 0 Å². The van der Waals surface area contributed by atoms with Gasteiger partial charge >= 0.3 is 0 Å². The van der Waals surface area contributed by atoms with Crippen LogP contribution in [0.2, 0.25) is 5.02 Å². The molecule has 1 aliphatic heterocycles. The standard InChI is InChI=1S/C17H25ClN2/c18-13-6-5-7-14(12-13)20-17-10-2-1-8-15(17)16-9-3-4-11-19-16/h5-7,12,15-17,19-20H,1-4,8-11H2. The molecule has 2 aliphatic rings. The molecule has 0 radical (unpaired) electrons. The molecule has 0 spiro atoms. The van der Waals surface area contributed by atoms with Crippen LogP contribution in [0, 0.1) is 5.92 Å². The molecule has 0 bridgehead atoms. The van der Waals surface area contributed by atoms with E-state index in [-0.39, 0.29) is 0 Å². The van der Waals surface area contributed by atoms with Crippen molar-refractivity contribution in [2.75, 3.05) is 11.9 Å². The minimum absolute atomic E-state index is 0.595. The lowest BCUT2D eigenvalue weighted by Crippen LogP contribution is -2.48. The van der Waals surface area contributed by atoms with E-state index in [0.29, 0.717) is 12.1 Å². The SMILES string of the molecule is Clc1cccc(NC2CCCCC2C2CCCCN2)c1. The van der Waals surface area contributed by atoms with Crippen molar-refractivity contribution in [2.24, 2.45) is 5.92 Å². The normalized spacial score (nSPS) is 30.9. The smallest absolute Gasteiger partial charge is 0.0426 e. The highest BCUT2D eigenvalue weighted by Crippen LogP contribution is 2.32. The Labute approximate surface area is 127 Å². The van der Waals surface area contributed by atoms with Gasteiger partial charge in [0.1, 0.15) is 0 Å². The first-order valence-corrected chi connectivity index (χ1v) is 8.46. The van der Waals surface area contributed by atoms with Crippen LogP contribution in [0.5, 0.6) is 0 Å². The maximum absolute atomic E-state index is 6.10. The van der Waals surface area contributed by atoms with Crippen LogP contribution in [0.3, 0.4) is 0 Å². The molecule has 3 heteroatoms. The fraction of sp³-hybridized carbons (Fsp3) is 0.647. The van der Waals surface area contributed by atoms with Crippen LogP contribution in [0.25, 0.3) is 0 Å². The Morgan fingerprint density at radius 1 is 1.05 bits per heavy atom. The summed E-state index contributed by atoms with van der Waals surface area (Å²) in [7, 11) is 0. The van der Waals surface area contributed by atoms with Crippen LogP contribution in [-0.4, -0.2) is 18.6 Å². The molecule has 1 heterocycles. The third kappa shape index (κ3) is 3.48. The first kappa shape index (κ1) is 14.2. The Hall–Kier alpha value is -0.730. The minimum Gasteiger partial charge on any atom is -0.382 e. The Kier molecular flexibility index (Phi) is 4.85. The molecule has 2 N–H and O–H groups in total. The van der Waals surface area contributed by atoms with Crippen LogP contribution in [0.4, 0.5) is 5.69 Å². The lowest BCUT2D eigenvalue weighted by molar-refractivity contribution is 0.217. The number of hydrogen-bond donors (Lipinski definition) is 2. The molecule has 1 aromatic rings. The molecule has 0 amide bonds. The van der Waals surface area contributed by atoms with Crippen LogP contribution in [0.15, 0.2) is 24.3 Å². The van der Waals surface area contributed by atoms with Gasteiger partial charge in [0.05, 0.1) is 0 Å². The number of nitrogens with one attached hydrogen (secondary N) is 2. The average molecular weight is 293 g/mol. The molecular weight excluding hydrogens is 268 g/mol. The third-order valence-electron chi connectivity index (χ3n) is 4.86. The summed E-state index contributed by atoms with van der Waals surface area (Å²) < 4.78 is 0. The van der Waals surface area contributed by atoms with E-state index in [1.165, 1.54) is 57.2 Å². The van der Waals surface area contributed by atoms with Crippen molar-refractivity contribution >= 4 is 17.3 Å². The number of piperidine rings is 1. The lowest BCUT2D eigenvalue weighted by atomic mass is 9.77. The van der Waals surface area contributed by atoms with Gasteiger partial charge in [0.15, 0.2) is 0 Å². The summed E-state index contributed by atoms with van der Waals surface area (Å²) in [5, 5.41) is 8.31. The van der Waals surface area contributed by atoms with Crippen molar-refractivity contribution in [2.45, 2.75) is 57.0 Å². The number of anilines is 1. The number of rotatable bonds is 3. The van der Waals surface area contributed by atoms with Gasteiger partial charge in [-0.05, 0) is 56.3 Å². The molecule has 1 saturated carbocycles. The quantitative estimate of drug-likeness (QED) is 0.860. The molecule has 1 aromatic carbocycles. The molecular formula is C17H25ClN2. The van der Waals surface area contributed by atoms with Gasteiger partial charge in [0.2, 0.25) is 0 Å².